The molecule has 0 amide bonds. The predicted octanol–water partition coefficient (Wildman–Crippen LogP) is 5.40. The first kappa shape index (κ1) is 16.4. The highest BCUT2D eigenvalue weighted by Gasteiger charge is 2.40. The van der Waals surface area contributed by atoms with Gasteiger partial charge in [0.15, 0.2) is 0 Å². The summed E-state index contributed by atoms with van der Waals surface area (Å²) >= 11 is 3.49. The van der Waals surface area contributed by atoms with Crippen LogP contribution in [0.1, 0.15) is 35.4 Å². The zero-order valence-corrected chi connectivity index (χ0v) is 16.0. The van der Waals surface area contributed by atoms with Crippen LogP contribution >= 0.6 is 15.9 Å². The lowest BCUT2D eigenvalue weighted by molar-refractivity contribution is -0.0190. The Bertz CT molecular complexity index is 1020. The third-order valence-corrected chi connectivity index (χ3v) is 5.58. The Morgan fingerprint density at radius 2 is 1.70 bits per heavy atom. The normalized spacial score (nSPS) is 20.5. The molecular weight excluding hydrogens is 404 g/mol. The van der Waals surface area contributed by atoms with Gasteiger partial charge in [-0.15, -0.1) is 0 Å². The monoisotopic (exact) mass is 420 g/mol. The second kappa shape index (κ2) is 6.43. The number of fused-ring (bicyclic) bond motifs is 3. The van der Waals surface area contributed by atoms with Crippen LogP contribution in [0, 0.1) is 0 Å². The quantitative estimate of drug-likeness (QED) is 0.603. The predicted molar refractivity (Wildman–Crippen MR) is 108 cm³/mol. The first-order valence-electron chi connectivity index (χ1n) is 8.85. The fraction of sp³-hybridized carbons (Fsp3) is 0.136. The summed E-state index contributed by atoms with van der Waals surface area (Å²) in [6, 6.07) is 23.7. The molecular formula is C22H17BrN2O2. The SMILES string of the molecule is Oc1ccc(C2Oc3ccccc3C3CC(c4ccc(Br)cc4)=NN32)cc1. The number of benzene rings is 3. The maximum atomic E-state index is 9.63. The van der Waals surface area contributed by atoms with Gasteiger partial charge in [-0.25, -0.2) is 5.01 Å². The van der Waals surface area contributed by atoms with Gasteiger partial charge in [0.05, 0.1) is 11.8 Å². The van der Waals surface area contributed by atoms with E-state index in [2.05, 4.69) is 34.1 Å². The molecule has 0 spiro atoms. The molecule has 0 aromatic heterocycles. The van der Waals surface area contributed by atoms with E-state index < -0.39 is 0 Å². The van der Waals surface area contributed by atoms with Crippen LogP contribution in [0.5, 0.6) is 11.5 Å². The van der Waals surface area contributed by atoms with Gasteiger partial charge in [-0.1, -0.05) is 46.3 Å². The average Bonchev–Trinajstić information content (AvgIpc) is 3.14. The van der Waals surface area contributed by atoms with Crippen LogP contribution in [-0.2, 0) is 0 Å². The van der Waals surface area contributed by atoms with E-state index >= 15 is 0 Å². The average molecular weight is 421 g/mol. The molecule has 5 rings (SSSR count). The summed E-state index contributed by atoms with van der Waals surface area (Å²) in [5.74, 6) is 1.14. The second-order valence-electron chi connectivity index (χ2n) is 6.75. The summed E-state index contributed by atoms with van der Waals surface area (Å²) in [5.41, 5.74) is 4.29. The van der Waals surface area contributed by atoms with E-state index in [1.807, 2.05) is 47.5 Å². The zero-order valence-electron chi connectivity index (χ0n) is 14.4. The van der Waals surface area contributed by atoms with Crippen molar-refractivity contribution < 1.29 is 9.84 Å². The number of hydrazone groups is 1. The van der Waals surface area contributed by atoms with Crippen molar-refractivity contribution >= 4 is 21.6 Å². The molecule has 3 aromatic rings. The minimum absolute atomic E-state index is 0.132. The number of hydrogen-bond donors (Lipinski definition) is 1. The van der Waals surface area contributed by atoms with E-state index in [1.165, 1.54) is 0 Å². The fourth-order valence-corrected chi connectivity index (χ4v) is 3.97. The smallest absolute Gasteiger partial charge is 0.213 e. The van der Waals surface area contributed by atoms with Gasteiger partial charge < -0.3 is 9.84 Å². The number of phenols is 1. The van der Waals surface area contributed by atoms with E-state index in [4.69, 9.17) is 9.84 Å². The van der Waals surface area contributed by atoms with Crippen LogP contribution in [0.2, 0.25) is 0 Å². The molecule has 3 aromatic carbocycles. The maximum absolute atomic E-state index is 9.63. The van der Waals surface area contributed by atoms with Crippen molar-refractivity contribution in [1.29, 1.82) is 0 Å². The molecule has 134 valence electrons. The zero-order chi connectivity index (χ0) is 18.4. The molecule has 0 fully saturated rings. The van der Waals surface area contributed by atoms with Crippen LogP contribution in [0.4, 0.5) is 0 Å². The minimum atomic E-state index is -0.321. The molecule has 5 heteroatoms. The summed E-state index contributed by atoms with van der Waals surface area (Å²) in [4.78, 5) is 0. The molecule has 0 bridgehead atoms. The first-order chi connectivity index (χ1) is 13.2. The molecule has 2 aliphatic heterocycles. The molecule has 2 unspecified atom stereocenters. The van der Waals surface area contributed by atoms with E-state index in [0.29, 0.717) is 0 Å². The number of phenolic OH excluding ortho intramolecular Hbond substituents is 1. The Labute approximate surface area is 165 Å². The highest BCUT2D eigenvalue weighted by molar-refractivity contribution is 9.10. The van der Waals surface area contributed by atoms with Gasteiger partial charge in [-0.05, 0) is 48.0 Å². The summed E-state index contributed by atoms with van der Waals surface area (Å²) in [7, 11) is 0. The van der Waals surface area contributed by atoms with Crippen molar-refractivity contribution in [1.82, 2.24) is 5.01 Å². The number of para-hydroxylation sites is 1. The Hall–Kier alpha value is -2.79. The summed E-state index contributed by atoms with van der Waals surface area (Å²) < 4.78 is 7.36. The van der Waals surface area contributed by atoms with Gasteiger partial charge in [-0.2, -0.15) is 5.10 Å². The van der Waals surface area contributed by atoms with Gasteiger partial charge in [0.1, 0.15) is 11.5 Å². The summed E-state index contributed by atoms with van der Waals surface area (Å²) in [5, 5.41) is 16.6. The molecule has 0 saturated heterocycles. The Morgan fingerprint density at radius 3 is 2.48 bits per heavy atom. The van der Waals surface area contributed by atoms with Gasteiger partial charge in [0.25, 0.3) is 0 Å². The van der Waals surface area contributed by atoms with Crippen molar-refractivity contribution in [2.45, 2.75) is 18.7 Å². The fourth-order valence-electron chi connectivity index (χ4n) is 3.71. The molecule has 2 aliphatic rings. The number of ether oxygens (including phenoxy) is 1. The van der Waals surface area contributed by atoms with Crippen LogP contribution in [0.15, 0.2) is 82.4 Å². The topological polar surface area (TPSA) is 45.1 Å². The molecule has 1 N–H and O–H groups in total. The lowest BCUT2D eigenvalue weighted by Gasteiger charge is -2.38. The Balaban J connectivity index is 1.58. The molecule has 2 atom stereocenters. The molecule has 0 saturated carbocycles. The number of nitrogens with zero attached hydrogens (tertiary/aromatic N) is 2. The van der Waals surface area contributed by atoms with E-state index in [1.54, 1.807) is 12.1 Å². The van der Waals surface area contributed by atoms with Crippen LogP contribution in [0.25, 0.3) is 0 Å². The largest absolute Gasteiger partial charge is 0.508 e. The van der Waals surface area contributed by atoms with E-state index in [0.717, 1.165) is 39.0 Å². The lowest BCUT2D eigenvalue weighted by Crippen LogP contribution is -2.33. The highest BCUT2D eigenvalue weighted by atomic mass is 79.9. The van der Waals surface area contributed by atoms with Gasteiger partial charge >= 0.3 is 0 Å². The summed E-state index contributed by atoms with van der Waals surface area (Å²) in [6.45, 7) is 0. The number of hydrogen-bond acceptors (Lipinski definition) is 4. The van der Waals surface area contributed by atoms with Gasteiger partial charge in [0.2, 0.25) is 6.23 Å². The summed E-state index contributed by atoms with van der Waals surface area (Å²) in [6.07, 6.45) is 0.509. The third-order valence-electron chi connectivity index (χ3n) is 5.05. The molecule has 27 heavy (non-hydrogen) atoms. The Kier molecular flexibility index (Phi) is 3.90. The van der Waals surface area contributed by atoms with Crippen molar-refractivity contribution in [3.05, 3.63) is 94.0 Å². The van der Waals surface area contributed by atoms with E-state index in [-0.39, 0.29) is 18.0 Å². The van der Waals surface area contributed by atoms with Crippen molar-refractivity contribution in [3.8, 4) is 11.5 Å². The second-order valence-corrected chi connectivity index (χ2v) is 7.67. The van der Waals surface area contributed by atoms with E-state index in [9.17, 15) is 5.11 Å². The minimum Gasteiger partial charge on any atom is -0.508 e. The first-order valence-corrected chi connectivity index (χ1v) is 9.64. The van der Waals surface area contributed by atoms with Crippen LogP contribution in [-0.4, -0.2) is 15.8 Å². The lowest BCUT2D eigenvalue weighted by atomic mass is 9.96. The van der Waals surface area contributed by atoms with Gasteiger partial charge in [-0.3, -0.25) is 0 Å². The molecule has 4 nitrogen and oxygen atoms in total. The Morgan fingerprint density at radius 1 is 0.963 bits per heavy atom. The number of aromatic hydroxyl groups is 1. The van der Waals surface area contributed by atoms with Gasteiger partial charge in [0, 0.05) is 22.0 Å². The van der Waals surface area contributed by atoms with Crippen molar-refractivity contribution in [2.24, 2.45) is 5.10 Å². The molecule has 2 heterocycles. The standard InChI is InChI=1S/C22H17BrN2O2/c23-16-9-5-14(6-10-16)19-13-20-18-3-1-2-4-21(18)27-22(25(20)24-19)15-7-11-17(26)12-8-15/h1-12,20,22,26H,13H2. The number of halogens is 1. The molecule has 0 aliphatic carbocycles. The van der Waals surface area contributed by atoms with Crippen LogP contribution in [0.3, 0.4) is 0 Å². The van der Waals surface area contributed by atoms with Crippen molar-refractivity contribution in [2.75, 3.05) is 0 Å². The number of rotatable bonds is 2. The molecule has 0 radical (unpaired) electrons. The van der Waals surface area contributed by atoms with Crippen molar-refractivity contribution in [3.63, 3.8) is 0 Å². The highest BCUT2D eigenvalue weighted by Crippen LogP contribution is 2.47. The third kappa shape index (κ3) is 2.88. The maximum Gasteiger partial charge on any atom is 0.213 e. The van der Waals surface area contributed by atoms with Crippen LogP contribution < -0.4 is 4.74 Å².